The molecule has 32 heavy (non-hydrogen) atoms. The predicted molar refractivity (Wildman–Crippen MR) is 124 cm³/mol. The van der Waals surface area contributed by atoms with Crippen molar-refractivity contribution in [2.45, 2.75) is 26.8 Å². The molecule has 0 aliphatic rings. The molecular formula is C26H26FN3O2. The van der Waals surface area contributed by atoms with Crippen molar-refractivity contribution in [1.82, 2.24) is 14.9 Å². The van der Waals surface area contributed by atoms with E-state index in [4.69, 9.17) is 9.72 Å². The summed E-state index contributed by atoms with van der Waals surface area (Å²) in [5.74, 6) is 1.18. The van der Waals surface area contributed by atoms with E-state index in [1.807, 2.05) is 44.2 Å². The SMILES string of the molecule is Cc1ccc(C)c(OCCn2c(CCNC(=O)c3ccc(F)cc3)nc3ccccc32)c1. The van der Waals surface area contributed by atoms with Crippen LogP contribution in [-0.4, -0.2) is 28.6 Å². The Morgan fingerprint density at radius 2 is 1.84 bits per heavy atom. The maximum Gasteiger partial charge on any atom is 0.251 e. The quantitative estimate of drug-likeness (QED) is 0.434. The lowest BCUT2D eigenvalue weighted by atomic mass is 10.1. The number of para-hydroxylation sites is 2. The topological polar surface area (TPSA) is 56.1 Å². The molecule has 0 aliphatic carbocycles. The van der Waals surface area contributed by atoms with Crippen LogP contribution in [-0.2, 0) is 13.0 Å². The lowest BCUT2D eigenvalue weighted by Crippen LogP contribution is -2.26. The summed E-state index contributed by atoms with van der Waals surface area (Å²) in [5, 5.41) is 2.89. The Bertz CT molecular complexity index is 1230. The van der Waals surface area contributed by atoms with E-state index in [1.54, 1.807) is 0 Å². The van der Waals surface area contributed by atoms with Gasteiger partial charge in [0.1, 0.15) is 24.0 Å². The van der Waals surface area contributed by atoms with Gasteiger partial charge < -0.3 is 14.6 Å². The molecule has 1 heterocycles. The molecule has 0 radical (unpaired) electrons. The van der Waals surface area contributed by atoms with Crippen LogP contribution in [0.15, 0.2) is 66.7 Å². The zero-order valence-corrected chi connectivity index (χ0v) is 18.3. The predicted octanol–water partition coefficient (Wildman–Crippen LogP) is 4.84. The lowest BCUT2D eigenvalue weighted by Gasteiger charge is -2.13. The Morgan fingerprint density at radius 1 is 1.06 bits per heavy atom. The fraction of sp³-hybridized carbons (Fsp3) is 0.231. The van der Waals surface area contributed by atoms with Crippen molar-refractivity contribution in [2.24, 2.45) is 0 Å². The number of ether oxygens (including phenoxy) is 1. The first kappa shape index (κ1) is 21.6. The number of hydrogen-bond donors (Lipinski definition) is 1. The van der Waals surface area contributed by atoms with Crippen LogP contribution in [0.3, 0.4) is 0 Å². The van der Waals surface area contributed by atoms with Gasteiger partial charge >= 0.3 is 0 Å². The van der Waals surface area contributed by atoms with E-state index in [9.17, 15) is 9.18 Å². The summed E-state index contributed by atoms with van der Waals surface area (Å²) in [6.07, 6.45) is 0.574. The number of carbonyl (C=O) groups is 1. The first-order valence-corrected chi connectivity index (χ1v) is 10.7. The molecule has 1 aromatic heterocycles. The minimum Gasteiger partial charge on any atom is -0.491 e. The van der Waals surface area contributed by atoms with Crippen LogP contribution in [0, 0.1) is 19.7 Å². The van der Waals surface area contributed by atoms with Gasteiger partial charge in [0.05, 0.1) is 17.6 Å². The molecule has 0 bridgehead atoms. The zero-order valence-electron chi connectivity index (χ0n) is 18.3. The molecular weight excluding hydrogens is 405 g/mol. The number of aromatic nitrogens is 2. The van der Waals surface area contributed by atoms with E-state index in [1.165, 1.54) is 24.3 Å². The molecule has 4 aromatic rings. The molecule has 1 amide bonds. The average Bonchev–Trinajstić information content (AvgIpc) is 3.14. The van der Waals surface area contributed by atoms with Gasteiger partial charge in [-0.3, -0.25) is 4.79 Å². The molecule has 0 unspecified atom stereocenters. The van der Waals surface area contributed by atoms with Crippen LogP contribution >= 0.6 is 0 Å². The van der Waals surface area contributed by atoms with E-state index < -0.39 is 0 Å². The first-order chi connectivity index (χ1) is 15.5. The van der Waals surface area contributed by atoms with Gasteiger partial charge in [-0.1, -0.05) is 24.3 Å². The average molecular weight is 432 g/mol. The number of aryl methyl sites for hydroxylation is 2. The molecule has 5 nitrogen and oxygen atoms in total. The minimum absolute atomic E-state index is 0.231. The highest BCUT2D eigenvalue weighted by molar-refractivity contribution is 5.94. The number of rotatable bonds is 8. The monoisotopic (exact) mass is 431 g/mol. The van der Waals surface area contributed by atoms with Crippen LogP contribution in [0.2, 0.25) is 0 Å². The lowest BCUT2D eigenvalue weighted by molar-refractivity contribution is 0.0954. The van der Waals surface area contributed by atoms with Gasteiger partial charge in [-0.05, 0) is 67.4 Å². The highest BCUT2D eigenvalue weighted by Gasteiger charge is 2.12. The Morgan fingerprint density at radius 3 is 2.66 bits per heavy atom. The fourth-order valence-electron chi connectivity index (χ4n) is 3.67. The van der Waals surface area contributed by atoms with Gasteiger partial charge in [-0.25, -0.2) is 9.37 Å². The number of halogens is 1. The van der Waals surface area contributed by atoms with Crippen molar-refractivity contribution in [2.75, 3.05) is 13.2 Å². The van der Waals surface area contributed by atoms with Gasteiger partial charge in [-0.2, -0.15) is 0 Å². The van der Waals surface area contributed by atoms with Gasteiger partial charge in [0.2, 0.25) is 0 Å². The third-order valence-corrected chi connectivity index (χ3v) is 5.39. The molecule has 0 saturated heterocycles. The van der Waals surface area contributed by atoms with Crippen LogP contribution < -0.4 is 10.1 Å². The van der Waals surface area contributed by atoms with Crippen molar-refractivity contribution in [1.29, 1.82) is 0 Å². The van der Waals surface area contributed by atoms with Gasteiger partial charge in [-0.15, -0.1) is 0 Å². The van der Waals surface area contributed by atoms with Crippen molar-refractivity contribution < 1.29 is 13.9 Å². The van der Waals surface area contributed by atoms with Crippen LogP contribution in [0.25, 0.3) is 11.0 Å². The van der Waals surface area contributed by atoms with Crippen molar-refractivity contribution in [3.05, 3.63) is 95.1 Å². The Kier molecular flexibility index (Phi) is 6.50. The maximum atomic E-state index is 13.1. The summed E-state index contributed by atoms with van der Waals surface area (Å²) in [4.78, 5) is 17.1. The summed E-state index contributed by atoms with van der Waals surface area (Å²) in [5.41, 5.74) is 4.66. The first-order valence-electron chi connectivity index (χ1n) is 10.7. The second-order valence-corrected chi connectivity index (χ2v) is 7.80. The third-order valence-electron chi connectivity index (χ3n) is 5.39. The van der Waals surface area contributed by atoms with Gasteiger partial charge in [0, 0.05) is 18.5 Å². The van der Waals surface area contributed by atoms with E-state index in [-0.39, 0.29) is 11.7 Å². The summed E-state index contributed by atoms with van der Waals surface area (Å²) in [7, 11) is 0. The van der Waals surface area contributed by atoms with Crippen LogP contribution in [0.1, 0.15) is 27.3 Å². The second kappa shape index (κ2) is 9.64. The number of hydrogen-bond acceptors (Lipinski definition) is 3. The molecule has 6 heteroatoms. The Balaban J connectivity index is 1.43. The molecule has 3 aromatic carbocycles. The summed E-state index contributed by atoms with van der Waals surface area (Å²) in [6, 6.07) is 19.7. The number of benzene rings is 3. The van der Waals surface area contributed by atoms with E-state index >= 15 is 0 Å². The van der Waals surface area contributed by atoms with Crippen molar-refractivity contribution in [3.63, 3.8) is 0 Å². The number of nitrogens with one attached hydrogen (secondary N) is 1. The van der Waals surface area contributed by atoms with E-state index in [0.717, 1.165) is 33.7 Å². The molecule has 0 saturated carbocycles. The van der Waals surface area contributed by atoms with Gasteiger partial charge in [0.25, 0.3) is 5.91 Å². The van der Waals surface area contributed by atoms with E-state index in [2.05, 4.69) is 22.0 Å². The standard InChI is InChI=1S/C26H26FN3O2/c1-18-7-8-19(2)24(17-18)32-16-15-30-23-6-4-3-5-22(23)29-25(30)13-14-28-26(31)20-9-11-21(27)12-10-20/h3-12,17H,13-16H2,1-2H3,(H,28,31). The minimum atomic E-state index is -0.363. The third kappa shape index (κ3) is 4.97. The summed E-state index contributed by atoms with van der Waals surface area (Å²) >= 11 is 0. The highest BCUT2D eigenvalue weighted by atomic mass is 19.1. The maximum absolute atomic E-state index is 13.1. The highest BCUT2D eigenvalue weighted by Crippen LogP contribution is 2.20. The van der Waals surface area contributed by atoms with E-state index in [0.29, 0.717) is 31.7 Å². The number of fused-ring (bicyclic) bond motifs is 1. The molecule has 0 aliphatic heterocycles. The van der Waals surface area contributed by atoms with Gasteiger partial charge in [0.15, 0.2) is 0 Å². The molecule has 1 N–H and O–H groups in total. The zero-order chi connectivity index (χ0) is 22.5. The molecule has 0 atom stereocenters. The molecule has 164 valence electrons. The summed E-state index contributed by atoms with van der Waals surface area (Å²) < 4.78 is 21.3. The Labute approximate surface area is 186 Å². The van der Waals surface area contributed by atoms with Crippen LogP contribution in [0.4, 0.5) is 4.39 Å². The summed E-state index contributed by atoms with van der Waals surface area (Å²) in [6.45, 7) is 5.68. The largest absolute Gasteiger partial charge is 0.491 e. The van der Waals surface area contributed by atoms with Crippen molar-refractivity contribution in [3.8, 4) is 5.75 Å². The normalized spacial score (nSPS) is 11.0. The number of nitrogens with zero attached hydrogens (tertiary/aromatic N) is 2. The number of carbonyl (C=O) groups excluding carboxylic acids is 1. The fourth-order valence-corrected chi connectivity index (χ4v) is 3.67. The van der Waals surface area contributed by atoms with Crippen LogP contribution in [0.5, 0.6) is 5.75 Å². The molecule has 4 rings (SSSR count). The number of amides is 1. The second-order valence-electron chi connectivity index (χ2n) is 7.80. The Hall–Kier alpha value is -3.67. The van der Waals surface area contributed by atoms with Crippen molar-refractivity contribution >= 4 is 16.9 Å². The molecule has 0 fully saturated rings. The molecule has 0 spiro atoms. The number of imidazole rings is 1. The smallest absolute Gasteiger partial charge is 0.251 e.